The number of nitrogens with zero attached hydrogens (tertiary/aromatic N) is 1. The summed E-state index contributed by atoms with van der Waals surface area (Å²) in [5, 5.41) is 0. The van der Waals surface area contributed by atoms with Crippen LogP contribution >= 0.6 is 0 Å². The molecule has 0 saturated carbocycles. The van der Waals surface area contributed by atoms with E-state index in [0.717, 1.165) is 26.1 Å². The maximum Gasteiger partial charge on any atom is 0.00190 e. The Balaban J connectivity index is 2.44. The van der Waals surface area contributed by atoms with E-state index in [9.17, 15) is 0 Å². The smallest absolute Gasteiger partial charge is 0.00190 e. The van der Waals surface area contributed by atoms with Crippen molar-refractivity contribution in [2.75, 3.05) is 26.7 Å². The lowest BCUT2D eigenvalue weighted by molar-refractivity contribution is 0.277. The van der Waals surface area contributed by atoms with E-state index in [2.05, 4.69) is 50.9 Å². The summed E-state index contributed by atoms with van der Waals surface area (Å²) < 4.78 is 0. The van der Waals surface area contributed by atoms with Crippen molar-refractivity contribution in [3.8, 4) is 0 Å². The van der Waals surface area contributed by atoms with Gasteiger partial charge in [-0.1, -0.05) is 37.1 Å². The summed E-state index contributed by atoms with van der Waals surface area (Å²) in [6.07, 6.45) is 2.30. The summed E-state index contributed by atoms with van der Waals surface area (Å²) in [5.41, 5.74) is 9.98. The van der Waals surface area contributed by atoms with Crippen molar-refractivity contribution in [1.82, 2.24) is 4.90 Å². The molecule has 0 amide bonds. The Morgan fingerprint density at radius 1 is 1.28 bits per heavy atom. The van der Waals surface area contributed by atoms with Gasteiger partial charge in [-0.25, -0.2) is 0 Å². The number of hydrogen-bond acceptors (Lipinski definition) is 2. The van der Waals surface area contributed by atoms with Gasteiger partial charge in [0.25, 0.3) is 0 Å². The second-order valence-corrected chi connectivity index (χ2v) is 5.45. The summed E-state index contributed by atoms with van der Waals surface area (Å²) >= 11 is 0. The molecule has 0 aliphatic rings. The van der Waals surface area contributed by atoms with Crippen LogP contribution in [-0.4, -0.2) is 31.6 Å². The van der Waals surface area contributed by atoms with Crippen molar-refractivity contribution >= 4 is 0 Å². The zero-order chi connectivity index (χ0) is 13.5. The minimum absolute atomic E-state index is 0.633. The third-order valence-corrected chi connectivity index (χ3v) is 3.74. The minimum Gasteiger partial charge on any atom is -0.330 e. The van der Waals surface area contributed by atoms with Gasteiger partial charge in [0, 0.05) is 13.1 Å². The Bertz CT molecular complexity index is 356. The summed E-state index contributed by atoms with van der Waals surface area (Å²) in [6, 6.07) is 6.74. The monoisotopic (exact) mass is 248 g/mol. The lowest BCUT2D eigenvalue weighted by atomic mass is 10.0. The fourth-order valence-electron chi connectivity index (χ4n) is 2.34. The molecule has 0 saturated heterocycles. The number of likely N-dealkylation sites (N-methyl/N-ethyl adjacent to an activating group) is 1. The van der Waals surface area contributed by atoms with Crippen molar-refractivity contribution in [3.63, 3.8) is 0 Å². The Morgan fingerprint density at radius 2 is 2.00 bits per heavy atom. The highest BCUT2D eigenvalue weighted by Crippen LogP contribution is 2.12. The van der Waals surface area contributed by atoms with Gasteiger partial charge in [-0.05, 0) is 50.9 Å². The van der Waals surface area contributed by atoms with Gasteiger partial charge in [-0.3, -0.25) is 0 Å². The fourth-order valence-corrected chi connectivity index (χ4v) is 2.34. The van der Waals surface area contributed by atoms with E-state index in [1.807, 2.05) is 0 Å². The van der Waals surface area contributed by atoms with Crippen LogP contribution in [0.3, 0.4) is 0 Å². The minimum atomic E-state index is 0.633. The Hall–Kier alpha value is -0.860. The number of benzene rings is 1. The number of rotatable bonds is 7. The maximum absolute atomic E-state index is 5.75. The topological polar surface area (TPSA) is 29.3 Å². The standard InChI is InChI=1S/C16H28N2/c1-5-15(11-17)12-18(4)9-8-16-7-6-13(2)10-14(16)3/h6-7,10,15H,5,8-9,11-12,17H2,1-4H3. The van der Waals surface area contributed by atoms with Gasteiger partial charge in [0.15, 0.2) is 0 Å². The molecule has 0 aromatic heterocycles. The van der Waals surface area contributed by atoms with Crippen LogP contribution in [-0.2, 0) is 6.42 Å². The lowest BCUT2D eigenvalue weighted by Crippen LogP contribution is -2.31. The highest BCUT2D eigenvalue weighted by Gasteiger charge is 2.08. The number of nitrogens with two attached hydrogens (primary N) is 1. The van der Waals surface area contributed by atoms with E-state index in [1.165, 1.54) is 23.1 Å². The van der Waals surface area contributed by atoms with Gasteiger partial charge in [0.05, 0.1) is 0 Å². The molecule has 0 aliphatic carbocycles. The van der Waals surface area contributed by atoms with Gasteiger partial charge in [0.2, 0.25) is 0 Å². The summed E-state index contributed by atoms with van der Waals surface area (Å²) in [6.45, 7) is 9.59. The van der Waals surface area contributed by atoms with Gasteiger partial charge < -0.3 is 10.6 Å². The molecule has 102 valence electrons. The highest BCUT2D eigenvalue weighted by atomic mass is 15.1. The van der Waals surface area contributed by atoms with Gasteiger partial charge >= 0.3 is 0 Å². The van der Waals surface area contributed by atoms with Gasteiger partial charge in [-0.15, -0.1) is 0 Å². The molecular weight excluding hydrogens is 220 g/mol. The second kappa shape index (κ2) is 7.55. The Morgan fingerprint density at radius 3 is 2.56 bits per heavy atom. The van der Waals surface area contributed by atoms with Gasteiger partial charge in [-0.2, -0.15) is 0 Å². The average molecular weight is 248 g/mol. The van der Waals surface area contributed by atoms with Crippen LogP contribution in [0.2, 0.25) is 0 Å². The normalized spacial score (nSPS) is 13.0. The zero-order valence-corrected chi connectivity index (χ0v) is 12.4. The third-order valence-electron chi connectivity index (χ3n) is 3.74. The van der Waals surface area contributed by atoms with Crippen LogP contribution in [0.5, 0.6) is 0 Å². The van der Waals surface area contributed by atoms with Crippen molar-refractivity contribution in [2.45, 2.75) is 33.6 Å². The Labute approximate surface area is 112 Å². The molecule has 0 heterocycles. The first-order valence-corrected chi connectivity index (χ1v) is 7.01. The fraction of sp³-hybridized carbons (Fsp3) is 0.625. The molecule has 2 N–H and O–H groups in total. The quantitative estimate of drug-likeness (QED) is 0.804. The van der Waals surface area contributed by atoms with E-state index < -0.39 is 0 Å². The predicted molar refractivity (Wildman–Crippen MR) is 80.0 cm³/mol. The van der Waals surface area contributed by atoms with E-state index in [1.54, 1.807) is 0 Å². The third kappa shape index (κ3) is 4.79. The summed E-state index contributed by atoms with van der Waals surface area (Å²) in [4.78, 5) is 2.40. The molecule has 1 aromatic carbocycles. The van der Waals surface area contributed by atoms with E-state index in [4.69, 9.17) is 5.73 Å². The molecular formula is C16H28N2. The van der Waals surface area contributed by atoms with Gasteiger partial charge in [0.1, 0.15) is 0 Å². The molecule has 1 unspecified atom stereocenters. The first-order valence-electron chi connectivity index (χ1n) is 7.01. The highest BCUT2D eigenvalue weighted by molar-refractivity contribution is 5.30. The molecule has 0 bridgehead atoms. The lowest BCUT2D eigenvalue weighted by Gasteiger charge is -2.22. The molecule has 0 spiro atoms. The molecule has 1 atom stereocenters. The maximum atomic E-state index is 5.75. The van der Waals surface area contributed by atoms with Crippen molar-refractivity contribution < 1.29 is 0 Å². The first-order chi connectivity index (χ1) is 8.56. The molecule has 2 nitrogen and oxygen atoms in total. The van der Waals surface area contributed by atoms with Crippen molar-refractivity contribution in [2.24, 2.45) is 11.7 Å². The van der Waals surface area contributed by atoms with E-state index in [0.29, 0.717) is 5.92 Å². The number of hydrogen-bond donors (Lipinski definition) is 1. The zero-order valence-electron chi connectivity index (χ0n) is 12.4. The van der Waals surface area contributed by atoms with Crippen LogP contribution in [0, 0.1) is 19.8 Å². The molecule has 0 fully saturated rings. The molecule has 0 radical (unpaired) electrons. The van der Waals surface area contributed by atoms with E-state index >= 15 is 0 Å². The van der Waals surface area contributed by atoms with Crippen LogP contribution in [0.4, 0.5) is 0 Å². The second-order valence-electron chi connectivity index (χ2n) is 5.45. The summed E-state index contributed by atoms with van der Waals surface area (Å²) in [5.74, 6) is 0.633. The number of aryl methyl sites for hydroxylation is 2. The largest absolute Gasteiger partial charge is 0.330 e. The average Bonchev–Trinajstić information content (AvgIpc) is 2.35. The van der Waals surface area contributed by atoms with Crippen LogP contribution in [0.15, 0.2) is 18.2 Å². The first kappa shape index (κ1) is 15.2. The van der Waals surface area contributed by atoms with E-state index in [-0.39, 0.29) is 0 Å². The van der Waals surface area contributed by atoms with Crippen molar-refractivity contribution in [1.29, 1.82) is 0 Å². The van der Waals surface area contributed by atoms with Crippen LogP contribution in [0.25, 0.3) is 0 Å². The van der Waals surface area contributed by atoms with Crippen LogP contribution in [0.1, 0.15) is 30.0 Å². The Kier molecular flexibility index (Phi) is 6.37. The summed E-state index contributed by atoms with van der Waals surface area (Å²) in [7, 11) is 2.20. The SMILES string of the molecule is CCC(CN)CN(C)CCc1ccc(C)cc1C. The molecule has 2 heteroatoms. The predicted octanol–water partition coefficient (Wildman–Crippen LogP) is 2.76. The van der Waals surface area contributed by atoms with Crippen LogP contribution < -0.4 is 5.73 Å². The molecule has 18 heavy (non-hydrogen) atoms. The molecule has 1 aromatic rings. The molecule has 0 aliphatic heterocycles. The molecule has 1 rings (SSSR count). The van der Waals surface area contributed by atoms with Crippen molar-refractivity contribution in [3.05, 3.63) is 34.9 Å².